The van der Waals surface area contributed by atoms with E-state index in [4.69, 9.17) is 14.7 Å². The van der Waals surface area contributed by atoms with Crippen molar-refractivity contribution in [2.24, 2.45) is 0 Å². The lowest BCUT2D eigenvalue weighted by Gasteiger charge is -2.12. The van der Waals surface area contributed by atoms with Crippen molar-refractivity contribution in [1.82, 2.24) is 9.55 Å². The lowest BCUT2D eigenvalue weighted by atomic mass is 10.2. The van der Waals surface area contributed by atoms with E-state index in [9.17, 15) is 14.4 Å². The fourth-order valence-corrected chi connectivity index (χ4v) is 2.36. The van der Waals surface area contributed by atoms with Crippen molar-refractivity contribution in [2.75, 3.05) is 0 Å². The molecule has 0 amide bonds. The fourth-order valence-electron chi connectivity index (χ4n) is 1.93. The summed E-state index contributed by atoms with van der Waals surface area (Å²) in [4.78, 5) is 36.1. The quantitative estimate of drug-likeness (QED) is 0.556. The van der Waals surface area contributed by atoms with Crippen molar-refractivity contribution in [3.8, 4) is 6.07 Å². The predicted molar refractivity (Wildman–Crippen MR) is 73.7 cm³/mol. The number of aromatic amines is 1. The molecule has 106 valence electrons. The minimum atomic E-state index is -0.944. The van der Waals surface area contributed by atoms with Crippen LogP contribution in [0.15, 0.2) is 15.8 Å². The van der Waals surface area contributed by atoms with Crippen molar-refractivity contribution in [1.29, 1.82) is 5.26 Å². The number of aromatic nitrogens is 2. The van der Waals surface area contributed by atoms with Crippen molar-refractivity contribution in [2.45, 2.75) is 31.8 Å². The van der Waals surface area contributed by atoms with Gasteiger partial charge in [0.25, 0.3) is 5.56 Å². The highest BCUT2D eigenvalue weighted by Gasteiger charge is 2.39. The average Bonchev–Trinajstić information content (AvgIpc) is 2.75. The second-order valence-corrected chi connectivity index (χ2v) is 5.33. The molecule has 0 aliphatic carbocycles. The summed E-state index contributed by atoms with van der Waals surface area (Å²) in [7, 11) is 0. The van der Waals surface area contributed by atoms with Gasteiger partial charge >= 0.3 is 11.7 Å². The summed E-state index contributed by atoms with van der Waals surface area (Å²) < 4.78 is 11.9. The molecule has 1 fully saturated rings. The highest BCUT2D eigenvalue weighted by Crippen LogP contribution is 2.29. The molecule has 9 heteroatoms. The molecule has 1 aliphatic rings. The summed E-state index contributed by atoms with van der Waals surface area (Å²) in [5, 5.41) is 8.97. The van der Waals surface area contributed by atoms with E-state index in [0.29, 0.717) is 3.57 Å². The Bertz CT molecular complexity index is 689. The van der Waals surface area contributed by atoms with Gasteiger partial charge in [0, 0.05) is 19.5 Å². The van der Waals surface area contributed by atoms with Gasteiger partial charge in [0.05, 0.1) is 9.64 Å². The molecule has 3 atom stereocenters. The molecule has 1 aromatic rings. The molecular weight excluding hydrogens is 381 g/mol. The third-order valence-electron chi connectivity index (χ3n) is 2.75. The van der Waals surface area contributed by atoms with Crippen LogP contribution in [0.1, 0.15) is 19.6 Å². The molecule has 2 heterocycles. The summed E-state index contributed by atoms with van der Waals surface area (Å²) in [5.74, 6) is -0.525. The molecule has 1 N–H and O–H groups in total. The zero-order valence-electron chi connectivity index (χ0n) is 10.3. The number of carbonyl (C=O) groups is 1. The molecule has 0 radical (unpaired) electrons. The maximum atomic E-state index is 11.7. The summed E-state index contributed by atoms with van der Waals surface area (Å²) in [6.45, 7) is 1.23. The van der Waals surface area contributed by atoms with E-state index in [2.05, 4.69) is 4.98 Å². The number of carbonyl (C=O) groups excluding carboxylic acids is 1. The third kappa shape index (κ3) is 2.91. The van der Waals surface area contributed by atoms with Crippen LogP contribution in [0.3, 0.4) is 0 Å². The van der Waals surface area contributed by atoms with Crippen LogP contribution in [0, 0.1) is 14.9 Å². The van der Waals surface area contributed by atoms with Crippen LogP contribution in [-0.2, 0) is 14.3 Å². The Kier molecular flexibility index (Phi) is 4.24. The van der Waals surface area contributed by atoms with E-state index >= 15 is 0 Å². The molecule has 20 heavy (non-hydrogen) atoms. The van der Waals surface area contributed by atoms with Crippen molar-refractivity contribution < 1.29 is 14.3 Å². The van der Waals surface area contributed by atoms with Crippen molar-refractivity contribution in [3.63, 3.8) is 0 Å². The zero-order valence-corrected chi connectivity index (χ0v) is 12.5. The van der Waals surface area contributed by atoms with Crippen molar-refractivity contribution in [3.05, 3.63) is 30.6 Å². The van der Waals surface area contributed by atoms with Gasteiger partial charge in [0.15, 0.2) is 6.10 Å². The van der Waals surface area contributed by atoms with Gasteiger partial charge in [-0.1, -0.05) is 0 Å². The van der Waals surface area contributed by atoms with Gasteiger partial charge in [0.1, 0.15) is 12.3 Å². The first kappa shape index (κ1) is 14.7. The minimum absolute atomic E-state index is 0.167. The number of ether oxygens (including phenoxy) is 2. The number of nitrogens with zero attached hydrogens (tertiary/aromatic N) is 2. The molecule has 1 saturated heterocycles. The molecule has 1 aliphatic heterocycles. The number of hydrogen-bond donors (Lipinski definition) is 1. The maximum Gasteiger partial charge on any atom is 0.330 e. The lowest BCUT2D eigenvalue weighted by Crippen LogP contribution is -2.33. The van der Waals surface area contributed by atoms with Gasteiger partial charge in [-0.05, 0) is 22.6 Å². The number of hydrogen-bond acceptors (Lipinski definition) is 6. The van der Waals surface area contributed by atoms with Gasteiger partial charge in [0.2, 0.25) is 0 Å². The maximum absolute atomic E-state index is 11.7. The highest BCUT2D eigenvalue weighted by molar-refractivity contribution is 14.1. The van der Waals surface area contributed by atoms with E-state index in [1.165, 1.54) is 17.7 Å². The second-order valence-electron chi connectivity index (χ2n) is 4.17. The molecular formula is C11H10IN3O5. The van der Waals surface area contributed by atoms with Gasteiger partial charge < -0.3 is 9.47 Å². The lowest BCUT2D eigenvalue weighted by molar-refractivity contribution is -0.147. The van der Waals surface area contributed by atoms with Crippen LogP contribution in [0.2, 0.25) is 0 Å². The van der Waals surface area contributed by atoms with Gasteiger partial charge in [-0.15, -0.1) is 0 Å². The normalized spacial score (nSPS) is 25.1. The van der Waals surface area contributed by atoms with Gasteiger partial charge in [-0.25, -0.2) is 4.79 Å². The monoisotopic (exact) mass is 391 g/mol. The average molecular weight is 391 g/mol. The Morgan fingerprint density at radius 3 is 2.95 bits per heavy atom. The van der Waals surface area contributed by atoms with Gasteiger partial charge in [-0.3, -0.25) is 19.1 Å². The minimum Gasteiger partial charge on any atom is -0.458 e. The first-order valence-electron chi connectivity index (χ1n) is 5.65. The van der Waals surface area contributed by atoms with E-state index < -0.39 is 35.7 Å². The molecule has 0 bridgehead atoms. The Morgan fingerprint density at radius 2 is 2.35 bits per heavy atom. The Morgan fingerprint density at radius 1 is 1.65 bits per heavy atom. The van der Waals surface area contributed by atoms with E-state index in [1.807, 2.05) is 6.07 Å². The molecule has 0 aromatic carbocycles. The van der Waals surface area contributed by atoms with Crippen LogP contribution in [-0.4, -0.2) is 27.7 Å². The Balaban J connectivity index is 2.30. The number of nitriles is 1. The molecule has 0 saturated carbocycles. The fraction of sp³-hybridized carbons (Fsp3) is 0.455. The highest BCUT2D eigenvalue weighted by atomic mass is 127. The third-order valence-corrected chi connectivity index (χ3v) is 3.52. The summed E-state index contributed by atoms with van der Waals surface area (Å²) in [5.41, 5.74) is -1.13. The molecule has 2 rings (SSSR count). The van der Waals surface area contributed by atoms with E-state index in [0.717, 1.165) is 0 Å². The molecule has 8 nitrogen and oxygen atoms in total. The molecule has 0 spiro atoms. The predicted octanol–water partition coefficient (Wildman–Crippen LogP) is -0.116. The van der Waals surface area contributed by atoms with Crippen LogP contribution in [0.4, 0.5) is 0 Å². The van der Waals surface area contributed by atoms with Crippen LogP contribution in [0.5, 0.6) is 0 Å². The second kappa shape index (κ2) is 5.76. The number of rotatable bonds is 2. The standard InChI is InChI=1S/C11H10IN3O5/c1-5(16)19-7-2-9(20-8(7)3-13)15-4-6(12)10(17)14-11(15)18/h4,7-9H,2H2,1H3,(H,14,17,18)/t7-,8+,9+/m0/s1. The molecule has 1 aromatic heterocycles. The van der Waals surface area contributed by atoms with Gasteiger partial charge in [-0.2, -0.15) is 5.26 Å². The largest absolute Gasteiger partial charge is 0.458 e. The zero-order chi connectivity index (χ0) is 14.9. The SMILES string of the molecule is CC(=O)O[C@H]1C[C@H](n2cc(I)c(=O)[nH]c2=O)O[C@@H]1C#N. The summed E-state index contributed by atoms with van der Waals surface area (Å²) in [6, 6.07) is 1.88. The summed E-state index contributed by atoms with van der Waals surface area (Å²) in [6.07, 6.45) is -0.933. The first-order valence-corrected chi connectivity index (χ1v) is 6.73. The van der Waals surface area contributed by atoms with Crippen LogP contribution < -0.4 is 11.2 Å². The smallest absolute Gasteiger partial charge is 0.330 e. The van der Waals surface area contributed by atoms with Crippen molar-refractivity contribution >= 4 is 28.6 Å². The van der Waals surface area contributed by atoms with E-state index in [-0.39, 0.29) is 6.42 Å². The number of esters is 1. The van der Waals surface area contributed by atoms with Crippen LogP contribution >= 0.6 is 22.6 Å². The summed E-state index contributed by atoms with van der Waals surface area (Å²) >= 11 is 1.78. The number of halogens is 1. The van der Waals surface area contributed by atoms with E-state index in [1.54, 1.807) is 22.6 Å². The number of nitrogens with one attached hydrogen (secondary N) is 1. The van der Waals surface area contributed by atoms with Crippen LogP contribution in [0.25, 0.3) is 0 Å². The first-order chi connectivity index (χ1) is 9.42. The molecule has 0 unspecified atom stereocenters. The Hall–Kier alpha value is -1.67. The number of H-pyrrole nitrogens is 1. The topological polar surface area (TPSA) is 114 Å². The Labute approximate surface area is 126 Å².